The maximum atomic E-state index is 12.1. The van der Waals surface area contributed by atoms with Crippen LogP contribution in [0.25, 0.3) is 0 Å². The Balaban J connectivity index is 2.11. The Morgan fingerprint density at radius 3 is 2.50 bits per heavy atom. The van der Waals surface area contributed by atoms with E-state index in [4.69, 9.17) is 5.11 Å². The maximum Gasteiger partial charge on any atom is 0.305 e. The van der Waals surface area contributed by atoms with Crippen molar-refractivity contribution >= 4 is 21.7 Å². The SMILES string of the molecule is CC1CC1C(=O)N1CCS(=O)(=O)CC1CC(=O)O. The fraction of sp³-hybridized carbons (Fsp3) is 0.818. The van der Waals surface area contributed by atoms with Gasteiger partial charge in [-0.15, -0.1) is 0 Å². The Hall–Kier alpha value is -1.11. The molecule has 0 aromatic carbocycles. The number of hydrogen-bond acceptors (Lipinski definition) is 4. The van der Waals surface area contributed by atoms with Gasteiger partial charge in [0.15, 0.2) is 9.84 Å². The summed E-state index contributed by atoms with van der Waals surface area (Å²) in [4.78, 5) is 24.3. The molecule has 1 amide bonds. The Kier molecular flexibility index (Phi) is 3.35. The minimum Gasteiger partial charge on any atom is -0.481 e. The molecule has 0 spiro atoms. The van der Waals surface area contributed by atoms with Crippen molar-refractivity contribution in [3.8, 4) is 0 Å². The molecule has 102 valence electrons. The Bertz CT molecular complexity index is 472. The van der Waals surface area contributed by atoms with Gasteiger partial charge in [0.25, 0.3) is 0 Å². The zero-order valence-electron chi connectivity index (χ0n) is 10.2. The topological polar surface area (TPSA) is 91.8 Å². The van der Waals surface area contributed by atoms with Crippen LogP contribution in [0.3, 0.4) is 0 Å². The van der Waals surface area contributed by atoms with Gasteiger partial charge in [0.05, 0.1) is 24.0 Å². The number of aliphatic carboxylic acids is 1. The smallest absolute Gasteiger partial charge is 0.305 e. The number of carboxylic acid groups (broad SMARTS) is 1. The van der Waals surface area contributed by atoms with E-state index in [1.54, 1.807) is 0 Å². The molecule has 0 aromatic heterocycles. The summed E-state index contributed by atoms with van der Waals surface area (Å²) in [6, 6.07) is -0.707. The van der Waals surface area contributed by atoms with Crippen LogP contribution in [0.4, 0.5) is 0 Å². The maximum absolute atomic E-state index is 12.1. The summed E-state index contributed by atoms with van der Waals surface area (Å²) in [5, 5.41) is 8.81. The van der Waals surface area contributed by atoms with Crippen molar-refractivity contribution in [1.82, 2.24) is 4.90 Å². The van der Waals surface area contributed by atoms with E-state index in [0.29, 0.717) is 5.92 Å². The van der Waals surface area contributed by atoms with Crippen LogP contribution < -0.4 is 0 Å². The van der Waals surface area contributed by atoms with Crippen molar-refractivity contribution in [2.75, 3.05) is 18.1 Å². The quantitative estimate of drug-likeness (QED) is 0.766. The van der Waals surface area contributed by atoms with Crippen LogP contribution in [-0.4, -0.2) is 54.4 Å². The summed E-state index contributed by atoms with van der Waals surface area (Å²) >= 11 is 0. The minimum absolute atomic E-state index is 0.0397. The second-order valence-corrected chi connectivity index (χ2v) is 7.45. The van der Waals surface area contributed by atoms with Crippen molar-refractivity contribution in [1.29, 1.82) is 0 Å². The van der Waals surface area contributed by atoms with Crippen molar-refractivity contribution in [2.45, 2.75) is 25.8 Å². The number of amides is 1. The van der Waals surface area contributed by atoms with Gasteiger partial charge in [0, 0.05) is 12.5 Å². The molecule has 18 heavy (non-hydrogen) atoms. The van der Waals surface area contributed by atoms with E-state index >= 15 is 0 Å². The van der Waals surface area contributed by atoms with Crippen LogP contribution in [0.5, 0.6) is 0 Å². The van der Waals surface area contributed by atoms with E-state index in [-0.39, 0.29) is 36.3 Å². The molecule has 2 rings (SSSR count). The molecule has 1 aliphatic heterocycles. The fourth-order valence-electron chi connectivity index (χ4n) is 2.43. The highest BCUT2D eigenvalue weighted by Gasteiger charge is 2.45. The van der Waals surface area contributed by atoms with E-state index in [0.717, 1.165) is 6.42 Å². The highest BCUT2D eigenvalue weighted by atomic mass is 32.2. The Morgan fingerprint density at radius 1 is 1.39 bits per heavy atom. The van der Waals surface area contributed by atoms with E-state index in [1.807, 2.05) is 6.92 Å². The summed E-state index contributed by atoms with van der Waals surface area (Å²) in [6.45, 7) is 2.10. The van der Waals surface area contributed by atoms with Gasteiger partial charge in [-0.25, -0.2) is 8.42 Å². The third kappa shape index (κ3) is 2.82. The number of carbonyl (C=O) groups is 2. The summed E-state index contributed by atoms with van der Waals surface area (Å²) in [5.41, 5.74) is 0. The van der Waals surface area contributed by atoms with Gasteiger partial charge in [-0.1, -0.05) is 6.92 Å². The lowest BCUT2D eigenvalue weighted by Gasteiger charge is -2.35. The Labute approximate surface area is 106 Å². The molecule has 0 bridgehead atoms. The molecule has 7 heteroatoms. The van der Waals surface area contributed by atoms with Crippen LogP contribution in [0.1, 0.15) is 19.8 Å². The number of carbonyl (C=O) groups excluding carboxylic acids is 1. The highest BCUT2D eigenvalue weighted by molar-refractivity contribution is 7.91. The Morgan fingerprint density at radius 2 is 2.00 bits per heavy atom. The molecule has 1 heterocycles. The lowest BCUT2D eigenvalue weighted by atomic mass is 10.1. The van der Waals surface area contributed by atoms with Crippen LogP contribution in [0, 0.1) is 11.8 Å². The van der Waals surface area contributed by atoms with E-state index in [9.17, 15) is 18.0 Å². The van der Waals surface area contributed by atoms with Crippen molar-refractivity contribution in [2.24, 2.45) is 11.8 Å². The molecular formula is C11H17NO5S. The molecule has 0 aromatic rings. The van der Waals surface area contributed by atoms with E-state index < -0.39 is 21.8 Å². The molecule has 2 aliphatic rings. The van der Waals surface area contributed by atoms with Gasteiger partial charge in [-0.2, -0.15) is 0 Å². The van der Waals surface area contributed by atoms with Gasteiger partial charge >= 0.3 is 5.97 Å². The first-order valence-electron chi connectivity index (χ1n) is 6.03. The first kappa shape index (κ1) is 13.3. The monoisotopic (exact) mass is 275 g/mol. The number of nitrogens with zero attached hydrogens (tertiary/aromatic N) is 1. The van der Waals surface area contributed by atoms with Crippen LogP contribution >= 0.6 is 0 Å². The third-order valence-electron chi connectivity index (χ3n) is 3.65. The molecule has 2 fully saturated rings. The predicted octanol–water partition coefficient (Wildman–Crippen LogP) is -0.257. The van der Waals surface area contributed by atoms with Crippen LogP contribution in [-0.2, 0) is 19.4 Å². The van der Waals surface area contributed by atoms with Crippen LogP contribution in [0.2, 0.25) is 0 Å². The second-order valence-electron chi connectivity index (χ2n) is 5.22. The van der Waals surface area contributed by atoms with E-state index in [2.05, 4.69) is 0 Å². The second kappa shape index (κ2) is 4.53. The number of carboxylic acids is 1. The minimum atomic E-state index is -3.22. The zero-order valence-corrected chi connectivity index (χ0v) is 11.0. The normalized spacial score (nSPS) is 34.1. The molecule has 1 saturated carbocycles. The summed E-state index contributed by atoms with van der Waals surface area (Å²) in [6.07, 6.45) is 0.522. The molecule has 3 atom stereocenters. The lowest BCUT2D eigenvalue weighted by molar-refractivity contribution is -0.141. The van der Waals surface area contributed by atoms with Gasteiger partial charge in [-0.3, -0.25) is 9.59 Å². The van der Waals surface area contributed by atoms with Crippen molar-refractivity contribution < 1.29 is 23.1 Å². The molecule has 6 nitrogen and oxygen atoms in total. The number of hydrogen-bond donors (Lipinski definition) is 1. The summed E-state index contributed by atoms with van der Waals surface area (Å²) < 4.78 is 23.1. The fourth-order valence-corrected chi connectivity index (χ4v) is 3.95. The van der Waals surface area contributed by atoms with E-state index in [1.165, 1.54) is 4.90 Å². The van der Waals surface area contributed by atoms with Gasteiger partial charge < -0.3 is 10.0 Å². The van der Waals surface area contributed by atoms with Crippen LogP contribution in [0.15, 0.2) is 0 Å². The first-order valence-corrected chi connectivity index (χ1v) is 7.85. The standard InChI is InChI=1S/C11H17NO5S/c1-7-4-9(7)11(15)12-2-3-18(16,17)6-8(12)5-10(13)14/h7-9H,2-6H2,1H3,(H,13,14). The average Bonchev–Trinajstić information content (AvgIpc) is 2.92. The van der Waals surface area contributed by atoms with Gasteiger partial charge in [0.2, 0.25) is 5.91 Å². The molecule has 1 N–H and O–H groups in total. The first-order chi connectivity index (χ1) is 8.30. The molecule has 1 saturated heterocycles. The van der Waals surface area contributed by atoms with Gasteiger partial charge in [-0.05, 0) is 12.3 Å². The van der Waals surface area contributed by atoms with Crippen molar-refractivity contribution in [3.05, 3.63) is 0 Å². The molecule has 0 radical (unpaired) electrons. The molecule has 1 aliphatic carbocycles. The molecule has 3 unspecified atom stereocenters. The number of sulfone groups is 1. The number of rotatable bonds is 3. The predicted molar refractivity (Wildman–Crippen MR) is 63.7 cm³/mol. The zero-order chi connectivity index (χ0) is 13.5. The lowest BCUT2D eigenvalue weighted by Crippen LogP contribution is -2.52. The summed E-state index contributed by atoms with van der Waals surface area (Å²) in [7, 11) is -3.22. The van der Waals surface area contributed by atoms with Gasteiger partial charge in [0.1, 0.15) is 0 Å². The highest BCUT2D eigenvalue weighted by Crippen LogP contribution is 2.40. The largest absolute Gasteiger partial charge is 0.481 e. The average molecular weight is 275 g/mol. The third-order valence-corrected chi connectivity index (χ3v) is 5.35. The van der Waals surface area contributed by atoms with Crippen molar-refractivity contribution in [3.63, 3.8) is 0 Å². The molecular weight excluding hydrogens is 258 g/mol. The summed E-state index contributed by atoms with van der Waals surface area (Å²) in [5.74, 6) is -1.15.